The summed E-state index contributed by atoms with van der Waals surface area (Å²) in [7, 11) is 1.97. The van der Waals surface area contributed by atoms with Gasteiger partial charge in [-0.05, 0) is 6.08 Å². The summed E-state index contributed by atoms with van der Waals surface area (Å²) >= 11 is 0. The summed E-state index contributed by atoms with van der Waals surface area (Å²) < 4.78 is 1.97. The van der Waals surface area contributed by atoms with Crippen molar-refractivity contribution in [3.63, 3.8) is 0 Å². The Balaban J connectivity index is 2.66. The van der Waals surface area contributed by atoms with Gasteiger partial charge in [0.05, 0.1) is 17.7 Å². The van der Waals surface area contributed by atoms with Crippen LogP contribution in [0.3, 0.4) is 0 Å². The number of imidazole rings is 1. The minimum Gasteiger partial charge on any atom is -0.360 e. The van der Waals surface area contributed by atoms with Crippen LogP contribution in [0.5, 0.6) is 0 Å². The fourth-order valence-corrected chi connectivity index (χ4v) is 1.16. The molecule has 0 aliphatic carbocycles. The summed E-state index contributed by atoms with van der Waals surface area (Å²) in [5, 5.41) is 3.00. The van der Waals surface area contributed by atoms with E-state index in [1.807, 2.05) is 23.9 Å². The maximum atomic E-state index is 4.19. The second-order valence-corrected chi connectivity index (χ2v) is 2.55. The second-order valence-electron chi connectivity index (χ2n) is 2.55. The Hall–Kier alpha value is -1.51. The van der Waals surface area contributed by atoms with E-state index in [0.29, 0.717) is 0 Å². The van der Waals surface area contributed by atoms with Crippen LogP contribution in [0.1, 0.15) is 11.4 Å². The number of hydrogen-bond acceptors (Lipinski definition) is 2. The molecule has 1 aliphatic rings. The third-order valence-corrected chi connectivity index (χ3v) is 1.77. The molecule has 2 heterocycles. The summed E-state index contributed by atoms with van der Waals surface area (Å²) in [5.74, 6) is 0. The molecule has 1 aromatic heterocycles. The van der Waals surface area contributed by atoms with Crippen LogP contribution in [0.15, 0.2) is 19.1 Å². The lowest BCUT2D eigenvalue weighted by atomic mass is 10.2. The van der Waals surface area contributed by atoms with Crippen molar-refractivity contribution in [1.82, 2.24) is 14.9 Å². The van der Waals surface area contributed by atoms with Crippen LogP contribution < -0.4 is 5.32 Å². The van der Waals surface area contributed by atoms with E-state index in [2.05, 4.69) is 16.9 Å². The highest BCUT2D eigenvalue weighted by molar-refractivity contribution is 5.72. The Bertz CT molecular complexity index is 333. The number of nitrogens with one attached hydrogen (secondary N) is 1. The highest BCUT2D eigenvalue weighted by atomic mass is 15.1. The van der Waals surface area contributed by atoms with Gasteiger partial charge < -0.3 is 9.88 Å². The number of hydrogen-bond donors (Lipinski definition) is 1. The zero-order valence-electron chi connectivity index (χ0n) is 6.33. The molecule has 2 rings (SSSR count). The van der Waals surface area contributed by atoms with E-state index in [4.69, 9.17) is 0 Å². The molecule has 0 amide bonds. The number of rotatable bonds is 0. The quantitative estimate of drug-likeness (QED) is 0.592. The van der Waals surface area contributed by atoms with Crippen LogP contribution >= 0.6 is 0 Å². The molecule has 3 nitrogen and oxygen atoms in total. The Morgan fingerprint density at radius 1 is 1.64 bits per heavy atom. The van der Waals surface area contributed by atoms with E-state index >= 15 is 0 Å². The predicted molar refractivity (Wildman–Crippen MR) is 44.4 cm³/mol. The van der Waals surface area contributed by atoms with Crippen molar-refractivity contribution in [2.24, 2.45) is 7.05 Å². The van der Waals surface area contributed by atoms with Crippen LogP contribution in [0.4, 0.5) is 0 Å². The van der Waals surface area contributed by atoms with Crippen molar-refractivity contribution >= 4 is 11.8 Å². The fraction of sp³-hybridized carbons (Fsp3) is 0.125. The lowest BCUT2D eigenvalue weighted by Gasteiger charge is -2.09. The average Bonchev–Trinajstić information content (AvgIpc) is 2.35. The van der Waals surface area contributed by atoms with Gasteiger partial charge in [-0.15, -0.1) is 0 Å². The van der Waals surface area contributed by atoms with Gasteiger partial charge in [0.25, 0.3) is 0 Å². The Morgan fingerprint density at radius 2 is 2.45 bits per heavy atom. The first-order chi connectivity index (χ1) is 5.29. The normalized spacial score (nSPS) is 14.5. The first-order valence-corrected chi connectivity index (χ1v) is 3.43. The molecule has 0 unspecified atom stereocenters. The van der Waals surface area contributed by atoms with E-state index in [1.165, 1.54) is 0 Å². The van der Waals surface area contributed by atoms with E-state index in [0.717, 1.165) is 17.1 Å². The van der Waals surface area contributed by atoms with E-state index in [9.17, 15) is 0 Å². The van der Waals surface area contributed by atoms with Gasteiger partial charge in [-0.25, -0.2) is 4.98 Å². The van der Waals surface area contributed by atoms with Crippen LogP contribution in [0.25, 0.3) is 11.8 Å². The molecule has 56 valence electrons. The lowest BCUT2D eigenvalue weighted by Crippen LogP contribution is -2.08. The highest BCUT2D eigenvalue weighted by Gasteiger charge is 2.11. The predicted octanol–water partition coefficient (Wildman–Crippen LogP) is 0.965. The summed E-state index contributed by atoms with van der Waals surface area (Å²) in [6, 6.07) is 0. The van der Waals surface area contributed by atoms with Crippen molar-refractivity contribution in [1.29, 1.82) is 0 Å². The number of aryl methyl sites for hydroxylation is 1. The van der Waals surface area contributed by atoms with Gasteiger partial charge in [0.1, 0.15) is 5.69 Å². The van der Waals surface area contributed by atoms with Crippen molar-refractivity contribution in [3.05, 3.63) is 30.5 Å². The molecule has 1 N–H and O–H groups in total. The lowest BCUT2D eigenvalue weighted by molar-refractivity contribution is 0.899. The summed E-state index contributed by atoms with van der Waals surface area (Å²) in [6.07, 6.45) is 5.64. The second kappa shape index (κ2) is 1.99. The molecule has 0 aromatic carbocycles. The summed E-state index contributed by atoms with van der Waals surface area (Å²) in [4.78, 5) is 4.19. The maximum absolute atomic E-state index is 4.19. The van der Waals surface area contributed by atoms with Crippen molar-refractivity contribution in [2.45, 2.75) is 0 Å². The van der Waals surface area contributed by atoms with Crippen LogP contribution in [0, 0.1) is 0 Å². The third kappa shape index (κ3) is 0.774. The largest absolute Gasteiger partial charge is 0.360 e. The molecule has 0 saturated carbocycles. The first kappa shape index (κ1) is 6.22. The molecule has 0 fully saturated rings. The topological polar surface area (TPSA) is 29.9 Å². The molecule has 11 heavy (non-hydrogen) atoms. The molecule has 1 aliphatic heterocycles. The van der Waals surface area contributed by atoms with Gasteiger partial charge in [0.2, 0.25) is 0 Å². The van der Waals surface area contributed by atoms with Crippen LogP contribution in [0.2, 0.25) is 0 Å². The smallest absolute Gasteiger partial charge is 0.111 e. The monoisotopic (exact) mass is 147 g/mol. The molecule has 0 atom stereocenters. The molecule has 0 saturated heterocycles. The Labute approximate surface area is 65.1 Å². The SMILES string of the molecule is C=C1NC=Cc2c1ncn2C. The minimum atomic E-state index is 0.864. The third-order valence-electron chi connectivity index (χ3n) is 1.77. The summed E-state index contributed by atoms with van der Waals surface area (Å²) in [6.45, 7) is 3.83. The van der Waals surface area contributed by atoms with Gasteiger partial charge in [-0.3, -0.25) is 0 Å². The molecule has 3 heteroatoms. The summed E-state index contributed by atoms with van der Waals surface area (Å²) in [5.41, 5.74) is 2.91. The van der Waals surface area contributed by atoms with Gasteiger partial charge in [-0.1, -0.05) is 6.58 Å². The Kier molecular flexibility index (Phi) is 1.12. The van der Waals surface area contributed by atoms with Gasteiger partial charge >= 0.3 is 0 Å². The minimum absolute atomic E-state index is 0.864. The maximum Gasteiger partial charge on any atom is 0.111 e. The van der Waals surface area contributed by atoms with Crippen molar-refractivity contribution in [3.8, 4) is 0 Å². The van der Waals surface area contributed by atoms with E-state index in [1.54, 1.807) is 6.33 Å². The molecule has 0 spiro atoms. The average molecular weight is 147 g/mol. The number of aromatic nitrogens is 2. The van der Waals surface area contributed by atoms with Crippen LogP contribution in [-0.4, -0.2) is 9.55 Å². The first-order valence-electron chi connectivity index (χ1n) is 3.43. The van der Waals surface area contributed by atoms with Crippen molar-refractivity contribution in [2.75, 3.05) is 0 Å². The standard InChI is InChI=1S/C8H9N3/c1-6-8-7(3-4-9-6)11(2)5-10-8/h3-5,9H,1H2,2H3. The van der Waals surface area contributed by atoms with Crippen LogP contribution in [-0.2, 0) is 7.05 Å². The van der Waals surface area contributed by atoms with Crippen molar-refractivity contribution < 1.29 is 0 Å². The van der Waals surface area contributed by atoms with Gasteiger partial charge in [0, 0.05) is 13.2 Å². The molecule has 0 bridgehead atoms. The molecule has 1 aromatic rings. The van der Waals surface area contributed by atoms with Gasteiger partial charge in [0.15, 0.2) is 0 Å². The Morgan fingerprint density at radius 3 is 3.18 bits per heavy atom. The van der Waals surface area contributed by atoms with E-state index < -0.39 is 0 Å². The number of fused-ring (bicyclic) bond motifs is 1. The molecular weight excluding hydrogens is 138 g/mol. The molecular formula is C8H9N3. The zero-order chi connectivity index (χ0) is 7.84. The highest BCUT2D eigenvalue weighted by Crippen LogP contribution is 2.18. The zero-order valence-corrected chi connectivity index (χ0v) is 6.33. The number of nitrogens with zero attached hydrogens (tertiary/aromatic N) is 2. The van der Waals surface area contributed by atoms with Gasteiger partial charge in [-0.2, -0.15) is 0 Å². The molecule has 0 radical (unpaired) electrons. The fourth-order valence-electron chi connectivity index (χ4n) is 1.16. The van der Waals surface area contributed by atoms with E-state index in [-0.39, 0.29) is 0 Å².